The van der Waals surface area contributed by atoms with Crippen LogP contribution in [0.25, 0.3) is 0 Å². The molecule has 0 bridgehead atoms. The quantitative estimate of drug-likeness (QED) is 0.335. The second-order valence-electron chi connectivity index (χ2n) is 8.18. The zero-order chi connectivity index (χ0) is 25.2. The minimum absolute atomic E-state index is 0.109. The van der Waals surface area contributed by atoms with Crippen molar-refractivity contribution in [1.29, 1.82) is 0 Å². The van der Waals surface area contributed by atoms with Gasteiger partial charge in [-0.15, -0.1) is 0 Å². The molecule has 0 saturated carbocycles. The third-order valence-electron chi connectivity index (χ3n) is 5.56. The van der Waals surface area contributed by atoms with E-state index in [4.69, 9.17) is 9.15 Å². The van der Waals surface area contributed by atoms with Crippen molar-refractivity contribution in [3.8, 4) is 5.75 Å². The molecule has 35 heavy (non-hydrogen) atoms. The summed E-state index contributed by atoms with van der Waals surface area (Å²) in [4.78, 5) is 12.8. The molecule has 0 atom stereocenters. The van der Waals surface area contributed by atoms with Crippen LogP contribution in [0.15, 0.2) is 65.1 Å². The van der Waals surface area contributed by atoms with E-state index in [9.17, 15) is 18.0 Å². The molecule has 182 valence electrons. The van der Waals surface area contributed by atoms with Gasteiger partial charge in [0, 0.05) is 0 Å². The summed E-state index contributed by atoms with van der Waals surface area (Å²) in [6.45, 7) is 5.70. The van der Waals surface area contributed by atoms with Crippen LogP contribution in [0.3, 0.4) is 0 Å². The highest BCUT2D eigenvalue weighted by molar-refractivity contribution is 6.02. The van der Waals surface area contributed by atoms with Gasteiger partial charge >= 0.3 is 6.18 Å². The minimum Gasteiger partial charge on any atom is -0.485 e. The van der Waals surface area contributed by atoms with Crippen LogP contribution in [0.2, 0.25) is 0 Å². The normalized spacial score (nSPS) is 11.5. The van der Waals surface area contributed by atoms with E-state index >= 15 is 0 Å². The molecule has 0 aliphatic carbocycles. The SMILES string of the molecule is Cc1ccccc1OCc1ccc(C(=O)Nc2c(C)nn(Cc3cccc(C(F)(F)F)c3)c2C)o1. The fourth-order valence-corrected chi connectivity index (χ4v) is 3.67. The van der Waals surface area contributed by atoms with Crippen molar-refractivity contribution >= 4 is 11.6 Å². The summed E-state index contributed by atoms with van der Waals surface area (Å²) in [6, 6.07) is 15.9. The highest BCUT2D eigenvalue weighted by Crippen LogP contribution is 2.30. The summed E-state index contributed by atoms with van der Waals surface area (Å²) in [5, 5.41) is 7.19. The molecule has 4 rings (SSSR count). The van der Waals surface area contributed by atoms with Crippen molar-refractivity contribution in [2.45, 2.75) is 40.1 Å². The molecule has 9 heteroatoms. The smallest absolute Gasteiger partial charge is 0.416 e. The number of nitrogens with one attached hydrogen (secondary N) is 1. The van der Waals surface area contributed by atoms with Gasteiger partial charge < -0.3 is 14.5 Å². The van der Waals surface area contributed by atoms with Gasteiger partial charge in [-0.3, -0.25) is 9.48 Å². The number of hydrogen-bond acceptors (Lipinski definition) is 4. The molecule has 0 fully saturated rings. The lowest BCUT2D eigenvalue weighted by molar-refractivity contribution is -0.137. The Labute approximate surface area is 200 Å². The van der Waals surface area contributed by atoms with Gasteiger partial charge in [-0.2, -0.15) is 18.3 Å². The number of benzene rings is 2. The number of anilines is 1. The van der Waals surface area contributed by atoms with Crippen LogP contribution in [-0.4, -0.2) is 15.7 Å². The molecule has 2 aromatic heterocycles. The summed E-state index contributed by atoms with van der Waals surface area (Å²) < 4.78 is 52.0. The molecule has 6 nitrogen and oxygen atoms in total. The predicted molar refractivity (Wildman–Crippen MR) is 124 cm³/mol. The number of hydrogen-bond donors (Lipinski definition) is 1. The molecule has 0 aliphatic heterocycles. The Kier molecular flexibility index (Phi) is 6.68. The number of carbonyl (C=O) groups is 1. The number of para-hydroxylation sites is 1. The van der Waals surface area contributed by atoms with Crippen molar-refractivity contribution in [3.05, 3.63) is 100 Å². The summed E-state index contributed by atoms with van der Waals surface area (Å²) in [5.41, 5.74) is 2.36. The standard InChI is InChI=1S/C26H24F3N3O3/c1-16-7-4-5-10-22(16)34-15-21-11-12-23(35-21)25(33)30-24-17(2)31-32(18(24)3)14-19-8-6-9-20(13-19)26(27,28)29/h4-13H,14-15H2,1-3H3,(H,30,33). The molecule has 2 aromatic carbocycles. The van der Waals surface area contributed by atoms with Gasteiger partial charge in [0.25, 0.3) is 5.91 Å². The van der Waals surface area contributed by atoms with Crippen LogP contribution in [0.1, 0.15) is 44.4 Å². The number of furan rings is 1. The van der Waals surface area contributed by atoms with E-state index in [2.05, 4.69) is 10.4 Å². The van der Waals surface area contributed by atoms with Crippen LogP contribution < -0.4 is 10.1 Å². The minimum atomic E-state index is -4.42. The predicted octanol–water partition coefficient (Wildman–Crippen LogP) is 6.30. The lowest BCUT2D eigenvalue weighted by atomic mass is 10.1. The number of ether oxygens (including phenoxy) is 1. The molecule has 0 radical (unpaired) electrons. The number of carbonyl (C=O) groups excluding carboxylic acids is 1. The van der Waals surface area contributed by atoms with E-state index in [1.54, 1.807) is 36.7 Å². The molecule has 1 amide bonds. The van der Waals surface area contributed by atoms with Crippen molar-refractivity contribution in [2.75, 3.05) is 5.32 Å². The van der Waals surface area contributed by atoms with E-state index < -0.39 is 17.6 Å². The lowest BCUT2D eigenvalue weighted by Crippen LogP contribution is -2.13. The van der Waals surface area contributed by atoms with Gasteiger partial charge in [0.05, 0.1) is 29.2 Å². The maximum atomic E-state index is 13.0. The molecule has 1 N–H and O–H groups in total. The Morgan fingerprint density at radius 1 is 1.06 bits per heavy atom. The highest BCUT2D eigenvalue weighted by atomic mass is 19.4. The number of aryl methyl sites for hydroxylation is 2. The van der Waals surface area contributed by atoms with Crippen molar-refractivity contribution in [1.82, 2.24) is 9.78 Å². The van der Waals surface area contributed by atoms with Gasteiger partial charge in [-0.05, 0) is 62.2 Å². The third kappa shape index (κ3) is 5.56. The van der Waals surface area contributed by atoms with E-state index in [-0.39, 0.29) is 18.9 Å². The number of aromatic nitrogens is 2. The van der Waals surface area contributed by atoms with Crippen molar-refractivity contribution in [3.63, 3.8) is 0 Å². The topological polar surface area (TPSA) is 69.3 Å². The van der Waals surface area contributed by atoms with Gasteiger partial charge in [0.15, 0.2) is 5.76 Å². The van der Waals surface area contributed by atoms with E-state index in [0.717, 1.165) is 23.4 Å². The number of rotatable bonds is 7. The van der Waals surface area contributed by atoms with Crippen LogP contribution in [0.5, 0.6) is 5.75 Å². The van der Waals surface area contributed by atoms with Crippen molar-refractivity contribution in [2.24, 2.45) is 0 Å². The van der Waals surface area contributed by atoms with E-state index in [1.807, 2.05) is 31.2 Å². The monoisotopic (exact) mass is 483 g/mol. The first-order valence-corrected chi connectivity index (χ1v) is 10.9. The fraction of sp³-hybridized carbons (Fsp3) is 0.231. The summed E-state index contributed by atoms with van der Waals surface area (Å²) in [6.07, 6.45) is -4.42. The van der Waals surface area contributed by atoms with Crippen LogP contribution in [0, 0.1) is 20.8 Å². The maximum absolute atomic E-state index is 13.0. The number of alkyl halides is 3. The second kappa shape index (κ2) is 9.69. The molecular formula is C26H24F3N3O3. The molecule has 0 aliphatic rings. The largest absolute Gasteiger partial charge is 0.485 e. The van der Waals surface area contributed by atoms with Gasteiger partial charge in [0.1, 0.15) is 18.1 Å². The van der Waals surface area contributed by atoms with Gasteiger partial charge in [-0.1, -0.05) is 30.3 Å². The Morgan fingerprint density at radius 2 is 1.83 bits per heavy atom. The first kappa shape index (κ1) is 24.1. The molecular weight excluding hydrogens is 459 g/mol. The molecule has 0 saturated heterocycles. The number of amides is 1. The first-order valence-electron chi connectivity index (χ1n) is 10.9. The maximum Gasteiger partial charge on any atom is 0.416 e. The molecule has 2 heterocycles. The van der Waals surface area contributed by atoms with Gasteiger partial charge in [-0.25, -0.2) is 0 Å². The lowest BCUT2D eigenvalue weighted by Gasteiger charge is -2.10. The Morgan fingerprint density at radius 3 is 2.57 bits per heavy atom. The Bertz CT molecular complexity index is 1360. The zero-order valence-electron chi connectivity index (χ0n) is 19.4. The summed E-state index contributed by atoms with van der Waals surface area (Å²) in [5.74, 6) is 0.871. The zero-order valence-corrected chi connectivity index (χ0v) is 19.4. The van der Waals surface area contributed by atoms with Crippen LogP contribution in [-0.2, 0) is 19.3 Å². The highest BCUT2D eigenvalue weighted by Gasteiger charge is 2.30. The van der Waals surface area contributed by atoms with Crippen molar-refractivity contribution < 1.29 is 27.1 Å². The van der Waals surface area contributed by atoms with Crippen LogP contribution in [0.4, 0.5) is 18.9 Å². The van der Waals surface area contributed by atoms with E-state index in [1.165, 1.54) is 6.07 Å². The second-order valence-corrected chi connectivity index (χ2v) is 8.18. The first-order chi connectivity index (χ1) is 16.6. The average molecular weight is 483 g/mol. The summed E-state index contributed by atoms with van der Waals surface area (Å²) >= 11 is 0. The molecule has 4 aromatic rings. The van der Waals surface area contributed by atoms with E-state index in [0.29, 0.717) is 28.4 Å². The number of halogens is 3. The Hall–Kier alpha value is -4.01. The summed E-state index contributed by atoms with van der Waals surface area (Å²) in [7, 11) is 0. The molecule has 0 spiro atoms. The van der Waals surface area contributed by atoms with Gasteiger partial charge in [0.2, 0.25) is 0 Å². The third-order valence-corrected chi connectivity index (χ3v) is 5.56. The average Bonchev–Trinajstić information content (AvgIpc) is 3.39. The van der Waals surface area contributed by atoms with Crippen LogP contribution >= 0.6 is 0 Å². The number of nitrogens with zero attached hydrogens (tertiary/aromatic N) is 2. The molecule has 0 unspecified atom stereocenters. The Balaban J connectivity index is 1.44. The fourth-order valence-electron chi connectivity index (χ4n) is 3.67.